The zero-order chi connectivity index (χ0) is 17.7. The zero-order valence-electron chi connectivity index (χ0n) is 14.9. The van der Waals surface area contributed by atoms with Crippen LogP contribution in [0.5, 0.6) is 17.2 Å². The van der Waals surface area contributed by atoms with Gasteiger partial charge in [-0.1, -0.05) is 0 Å². The molecule has 0 unspecified atom stereocenters. The Morgan fingerprint density at radius 1 is 1.00 bits per heavy atom. The maximum absolute atomic E-state index is 13.1. The minimum absolute atomic E-state index is 0. The van der Waals surface area contributed by atoms with Crippen molar-refractivity contribution in [2.75, 3.05) is 47.5 Å². The van der Waals surface area contributed by atoms with Gasteiger partial charge in [0.2, 0.25) is 5.75 Å². The Bertz CT molecular complexity index is 531. The summed E-state index contributed by atoms with van der Waals surface area (Å²) in [6.07, 6.45) is -5.19. The minimum Gasteiger partial charge on any atom is -0.493 e. The first kappa shape index (κ1) is 24.9. The Morgan fingerprint density at radius 2 is 1.50 bits per heavy atom. The molecule has 1 saturated heterocycles. The Balaban J connectivity index is 0.00000312. The van der Waals surface area contributed by atoms with Crippen LogP contribution in [0.4, 0.5) is 13.2 Å². The van der Waals surface area contributed by atoms with Gasteiger partial charge >= 0.3 is 6.18 Å². The van der Waals surface area contributed by atoms with Crippen molar-refractivity contribution in [3.63, 3.8) is 0 Å². The molecule has 0 amide bonds. The molecular formula is C16H25Cl2F3N2O3. The molecule has 0 aromatic heterocycles. The molecule has 26 heavy (non-hydrogen) atoms. The lowest BCUT2D eigenvalue weighted by molar-refractivity contribution is -0.148. The van der Waals surface area contributed by atoms with Crippen LogP contribution in [0, 0.1) is 0 Å². The number of ether oxygens (including phenoxy) is 3. The first-order chi connectivity index (χ1) is 11.4. The van der Waals surface area contributed by atoms with Gasteiger partial charge in [0.25, 0.3) is 0 Å². The van der Waals surface area contributed by atoms with Gasteiger partial charge in [-0.15, -0.1) is 24.8 Å². The molecule has 1 aliphatic heterocycles. The van der Waals surface area contributed by atoms with E-state index in [1.807, 2.05) is 4.90 Å². The Kier molecular flexibility index (Phi) is 10.5. The number of nitrogens with zero attached hydrogens (tertiary/aromatic N) is 1. The first-order valence-corrected chi connectivity index (χ1v) is 7.71. The van der Waals surface area contributed by atoms with Crippen LogP contribution in [0.15, 0.2) is 12.1 Å². The van der Waals surface area contributed by atoms with E-state index in [9.17, 15) is 13.2 Å². The van der Waals surface area contributed by atoms with Crippen molar-refractivity contribution < 1.29 is 27.4 Å². The molecule has 1 aromatic rings. The lowest BCUT2D eigenvalue weighted by atomic mass is 9.99. The van der Waals surface area contributed by atoms with Crippen LogP contribution in [0.1, 0.15) is 18.0 Å². The molecule has 0 radical (unpaired) electrons. The van der Waals surface area contributed by atoms with Gasteiger partial charge < -0.3 is 19.5 Å². The number of piperazine rings is 1. The van der Waals surface area contributed by atoms with Crippen LogP contribution in [0.3, 0.4) is 0 Å². The van der Waals surface area contributed by atoms with E-state index in [4.69, 9.17) is 14.2 Å². The molecular weight excluding hydrogens is 396 g/mol. The Labute approximate surface area is 164 Å². The predicted molar refractivity (Wildman–Crippen MR) is 98.4 cm³/mol. The van der Waals surface area contributed by atoms with Crippen LogP contribution in [-0.2, 0) is 0 Å². The summed E-state index contributed by atoms with van der Waals surface area (Å²) in [6.45, 7) is 2.44. The summed E-state index contributed by atoms with van der Waals surface area (Å²) in [7, 11) is 4.36. The van der Waals surface area contributed by atoms with E-state index in [2.05, 4.69) is 5.32 Å². The van der Waals surface area contributed by atoms with E-state index >= 15 is 0 Å². The van der Waals surface area contributed by atoms with Crippen molar-refractivity contribution in [2.24, 2.45) is 0 Å². The third-order valence-electron chi connectivity index (χ3n) is 4.09. The number of benzene rings is 1. The highest BCUT2D eigenvalue weighted by Crippen LogP contribution is 2.43. The fourth-order valence-corrected chi connectivity index (χ4v) is 2.96. The molecule has 0 saturated carbocycles. The average Bonchev–Trinajstić information content (AvgIpc) is 2.58. The summed E-state index contributed by atoms with van der Waals surface area (Å²) < 4.78 is 55.2. The van der Waals surface area contributed by atoms with E-state index in [1.54, 1.807) is 12.1 Å². The van der Waals surface area contributed by atoms with Crippen LogP contribution < -0.4 is 19.5 Å². The summed E-state index contributed by atoms with van der Waals surface area (Å²) in [5.74, 6) is 1.08. The van der Waals surface area contributed by atoms with Gasteiger partial charge in [-0.3, -0.25) is 4.90 Å². The maximum Gasteiger partial charge on any atom is 0.390 e. The Hall–Kier alpha value is -1.09. The van der Waals surface area contributed by atoms with Crippen LogP contribution in [0.2, 0.25) is 0 Å². The number of hydrogen-bond donors (Lipinski definition) is 1. The molecule has 1 aliphatic rings. The number of methoxy groups -OCH3 is 3. The molecule has 1 fully saturated rings. The molecule has 1 heterocycles. The Morgan fingerprint density at radius 3 is 1.88 bits per heavy atom. The molecule has 1 aromatic carbocycles. The molecule has 1 N–H and O–H groups in total. The van der Waals surface area contributed by atoms with E-state index in [-0.39, 0.29) is 24.8 Å². The van der Waals surface area contributed by atoms with E-state index < -0.39 is 18.6 Å². The van der Waals surface area contributed by atoms with Crippen molar-refractivity contribution in [2.45, 2.75) is 18.6 Å². The van der Waals surface area contributed by atoms with Gasteiger partial charge in [-0.2, -0.15) is 13.2 Å². The van der Waals surface area contributed by atoms with Gasteiger partial charge in [-0.25, -0.2) is 0 Å². The van der Waals surface area contributed by atoms with Gasteiger partial charge in [0, 0.05) is 32.2 Å². The second-order valence-corrected chi connectivity index (χ2v) is 5.58. The van der Waals surface area contributed by atoms with Crippen LogP contribution in [-0.4, -0.2) is 58.6 Å². The molecule has 0 aliphatic carbocycles. The van der Waals surface area contributed by atoms with Crippen molar-refractivity contribution >= 4 is 24.8 Å². The summed E-state index contributed by atoms with van der Waals surface area (Å²) in [4.78, 5) is 1.84. The fourth-order valence-electron chi connectivity index (χ4n) is 2.96. The molecule has 1 atom stereocenters. The lowest BCUT2D eigenvalue weighted by Gasteiger charge is -2.36. The number of rotatable bonds is 6. The molecule has 0 bridgehead atoms. The number of alkyl halides is 3. The molecule has 10 heteroatoms. The number of halogens is 5. The highest BCUT2D eigenvalue weighted by molar-refractivity contribution is 5.85. The standard InChI is InChI=1S/C16H23F3N2O3.2ClH/c1-22-13-8-11(9-14(23-2)15(13)24-3)12(10-16(17,18)19)21-6-4-20-5-7-21;;/h8-9,12,20H,4-7,10H2,1-3H3;2*1H/t12-;;/m1../s1. The fraction of sp³-hybridized carbons (Fsp3) is 0.625. The first-order valence-electron chi connectivity index (χ1n) is 7.71. The van der Waals surface area contributed by atoms with Crippen molar-refractivity contribution in [3.05, 3.63) is 17.7 Å². The quantitative estimate of drug-likeness (QED) is 0.763. The summed E-state index contributed by atoms with van der Waals surface area (Å²) in [5.41, 5.74) is 0.503. The van der Waals surface area contributed by atoms with Gasteiger partial charge in [-0.05, 0) is 17.7 Å². The van der Waals surface area contributed by atoms with E-state index in [0.717, 1.165) is 0 Å². The molecule has 2 rings (SSSR count). The minimum atomic E-state index is -4.27. The topological polar surface area (TPSA) is 43.0 Å². The largest absolute Gasteiger partial charge is 0.493 e. The van der Waals surface area contributed by atoms with Gasteiger partial charge in [0.05, 0.1) is 27.8 Å². The van der Waals surface area contributed by atoms with Crippen molar-refractivity contribution in [1.29, 1.82) is 0 Å². The summed E-state index contributed by atoms with van der Waals surface area (Å²) in [6, 6.07) is 2.40. The smallest absolute Gasteiger partial charge is 0.390 e. The molecule has 0 spiro atoms. The lowest BCUT2D eigenvalue weighted by Crippen LogP contribution is -2.46. The highest BCUT2D eigenvalue weighted by atomic mass is 35.5. The zero-order valence-corrected chi connectivity index (χ0v) is 16.5. The van der Waals surface area contributed by atoms with Crippen LogP contribution >= 0.6 is 24.8 Å². The third kappa shape index (κ3) is 6.26. The third-order valence-corrected chi connectivity index (χ3v) is 4.09. The summed E-state index contributed by atoms with van der Waals surface area (Å²) >= 11 is 0. The number of hydrogen-bond acceptors (Lipinski definition) is 5. The van der Waals surface area contributed by atoms with Crippen molar-refractivity contribution in [1.82, 2.24) is 10.2 Å². The van der Waals surface area contributed by atoms with E-state index in [1.165, 1.54) is 21.3 Å². The second-order valence-electron chi connectivity index (χ2n) is 5.58. The monoisotopic (exact) mass is 420 g/mol. The maximum atomic E-state index is 13.1. The van der Waals surface area contributed by atoms with Crippen LogP contribution in [0.25, 0.3) is 0 Å². The SMILES string of the molecule is COc1cc([C@@H](CC(F)(F)F)N2CCNCC2)cc(OC)c1OC.Cl.Cl. The van der Waals surface area contributed by atoms with Crippen molar-refractivity contribution in [3.8, 4) is 17.2 Å². The van der Waals surface area contributed by atoms with Gasteiger partial charge in [0.15, 0.2) is 11.5 Å². The second kappa shape index (κ2) is 10.9. The average molecular weight is 421 g/mol. The predicted octanol–water partition coefficient (Wildman–Crippen LogP) is 3.45. The number of nitrogens with one attached hydrogen (secondary N) is 1. The normalized spacial score (nSPS) is 16.1. The highest BCUT2D eigenvalue weighted by Gasteiger charge is 2.36. The van der Waals surface area contributed by atoms with Gasteiger partial charge in [0.1, 0.15) is 0 Å². The molecule has 5 nitrogen and oxygen atoms in total. The summed E-state index contributed by atoms with van der Waals surface area (Å²) in [5, 5.41) is 3.15. The molecule has 152 valence electrons. The van der Waals surface area contributed by atoms with E-state index in [0.29, 0.717) is 49.0 Å².